The fraction of sp³-hybridized carbons (Fsp3) is 0.543. The van der Waals surface area contributed by atoms with Crippen LogP contribution in [0.25, 0.3) is 21.0 Å². The number of hydrogen-bond acceptors (Lipinski definition) is 9. The van der Waals surface area contributed by atoms with Crippen LogP contribution in [-0.4, -0.2) is 62.4 Å². The molecular formula is C35H42N4O7S. The van der Waals surface area contributed by atoms with Gasteiger partial charge in [-0.15, -0.1) is 11.3 Å². The van der Waals surface area contributed by atoms with Gasteiger partial charge in [-0.25, -0.2) is 14.3 Å². The number of carbonyl (C=O) groups is 1. The molecule has 1 aromatic carbocycles. The maximum Gasteiger partial charge on any atom is 0.333 e. The Labute approximate surface area is 276 Å². The number of rotatable bonds is 9. The van der Waals surface area contributed by atoms with Crippen LogP contribution < -0.4 is 16.0 Å². The minimum absolute atomic E-state index is 0.0642. The molecule has 4 aromatic rings. The molecule has 47 heavy (non-hydrogen) atoms. The fourth-order valence-corrected chi connectivity index (χ4v) is 9.37. The van der Waals surface area contributed by atoms with E-state index in [0.29, 0.717) is 57.2 Å². The molecular weight excluding hydrogens is 620 g/mol. The monoisotopic (exact) mass is 662 g/mol. The van der Waals surface area contributed by atoms with Crippen LogP contribution in [0, 0.1) is 18.8 Å². The lowest BCUT2D eigenvalue weighted by atomic mass is 10.0. The van der Waals surface area contributed by atoms with Crippen molar-refractivity contribution in [2.75, 3.05) is 20.2 Å². The highest BCUT2D eigenvalue weighted by Crippen LogP contribution is 2.47. The van der Waals surface area contributed by atoms with E-state index in [0.717, 1.165) is 48.7 Å². The lowest BCUT2D eigenvalue weighted by molar-refractivity contribution is -0.138. The summed E-state index contributed by atoms with van der Waals surface area (Å²) < 4.78 is 21.0. The van der Waals surface area contributed by atoms with E-state index in [2.05, 4.69) is 4.98 Å². The third-order valence-electron chi connectivity index (χ3n) is 10.5. The second kappa shape index (κ2) is 12.4. The van der Waals surface area contributed by atoms with Crippen LogP contribution in [0.5, 0.6) is 5.75 Å². The van der Waals surface area contributed by atoms with E-state index >= 15 is 0 Å². The Bertz CT molecular complexity index is 1890. The third-order valence-corrected chi connectivity index (χ3v) is 11.8. The van der Waals surface area contributed by atoms with E-state index in [4.69, 9.17) is 13.9 Å². The summed E-state index contributed by atoms with van der Waals surface area (Å²) in [5.41, 5.74) is -1.09. The van der Waals surface area contributed by atoms with Gasteiger partial charge in [-0.1, -0.05) is 18.2 Å². The van der Waals surface area contributed by atoms with Gasteiger partial charge in [0.05, 0.1) is 42.3 Å². The molecule has 1 aliphatic heterocycles. The molecule has 5 atom stereocenters. The largest absolute Gasteiger partial charge is 0.496 e. The van der Waals surface area contributed by atoms with E-state index in [-0.39, 0.29) is 24.7 Å². The molecule has 3 fully saturated rings. The highest BCUT2D eigenvalue weighted by atomic mass is 32.1. The molecule has 1 amide bonds. The number of benzene rings is 1. The molecule has 3 aromatic heterocycles. The van der Waals surface area contributed by atoms with Crippen molar-refractivity contribution in [3.8, 4) is 16.5 Å². The summed E-state index contributed by atoms with van der Waals surface area (Å²) in [5, 5.41) is 10.6. The number of amides is 1. The molecule has 12 heteroatoms. The molecule has 0 bridgehead atoms. The van der Waals surface area contributed by atoms with Crippen molar-refractivity contribution in [2.45, 2.75) is 89.7 Å². The molecule has 250 valence electrons. The SMILES string of the molecule is COc1ccccc1C(Cn1c(=O)n(C(C)(C)C(=O)N2CCCC2)c(=O)c2c(C)c(-c3ncco3)sc21)OC1C[C@H]2CC(O)C[C@H]2C1. The van der Waals surface area contributed by atoms with Crippen LogP contribution in [0.4, 0.5) is 0 Å². The minimum Gasteiger partial charge on any atom is -0.496 e. The van der Waals surface area contributed by atoms with Gasteiger partial charge in [-0.05, 0) is 82.8 Å². The van der Waals surface area contributed by atoms with Crippen LogP contribution in [-0.2, 0) is 21.6 Å². The number of ether oxygens (including phenoxy) is 2. The van der Waals surface area contributed by atoms with Crippen LogP contribution in [0.3, 0.4) is 0 Å². The first-order chi connectivity index (χ1) is 22.6. The van der Waals surface area contributed by atoms with Crippen molar-refractivity contribution in [3.05, 3.63) is 68.7 Å². The van der Waals surface area contributed by atoms with E-state index < -0.39 is 22.9 Å². The minimum atomic E-state index is -1.43. The second-order valence-corrected chi connectivity index (χ2v) is 14.8. The van der Waals surface area contributed by atoms with Gasteiger partial charge < -0.3 is 23.9 Å². The Morgan fingerprint density at radius 2 is 1.83 bits per heavy atom. The first kappa shape index (κ1) is 31.8. The Balaban J connectivity index is 1.39. The number of fused-ring (bicyclic) bond motifs is 2. The topological polar surface area (TPSA) is 129 Å². The van der Waals surface area contributed by atoms with Crippen LogP contribution in [0.15, 0.2) is 50.7 Å². The Morgan fingerprint density at radius 3 is 2.49 bits per heavy atom. The molecule has 4 heterocycles. The first-order valence-corrected chi connectivity index (χ1v) is 17.3. The number of nitrogens with zero attached hydrogens (tertiary/aromatic N) is 4. The highest BCUT2D eigenvalue weighted by molar-refractivity contribution is 7.22. The number of thiophene rings is 1. The molecule has 7 rings (SSSR count). The van der Waals surface area contributed by atoms with E-state index in [1.54, 1.807) is 36.6 Å². The van der Waals surface area contributed by atoms with Crippen molar-refractivity contribution in [1.29, 1.82) is 0 Å². The summed E-state index contributed by atoms with van der Waals surface area (Å²) in [6, 6.07) is 7.63. The lowest BCUT2D eigenvalue weighted by Gasteiger charge is -2.31. The van der Waals surface area contributed by atoms with Crippen molar-refractivity contribution in [3.63, 3.8) is 0 Å². The number of aliphatic hydroxyl groups is 1. The van der Waals surface area contributed by atoms with Crippen molar-refractivity contribution < 1.29 is 23.8 Å². The highest BCUT2D eigenvalue weighted by Gasteiger charge is 2.43. The lowest BCUT2D eigenvalue weighted by Crippen LogP contribution is -2.56. The molecule has 1 saturated heterocycles. The molecule has 0 spiro atoms. The zero-order valence-corrected chi connectivity index (χ0v) is 28.1. The van der Waals surface area contributed by atoms with Gasteiger partial charge in [0.25, 0.3) is 5.56 Å². The van der Waals surface area contributed by atoms with Gasteiger partial charge in [-0.3, -0.25) is 14.2 Å². The summed E-state index contributed by atoms with van der Waals surface area (Å²) in [6.07, 6.45) is 7.12. The van der Waals surface area contributed by atoms with Crippen LogP contribution in [0.2, 0.25) is 0 Å². The zero-order valence-electron chi connectivity index (χ0n) is 27.3. The number of para-hydroxylation sites is 1. The van der Waals surface area contributed by atoms with Gasteiger partial charge in [-0.2, -0.15) is 0 Å². The van der Waals surface area contributed by atoms with Gasteiger partial charge in [0.15, 0.2) is 0 Å². The summed E-state index contributed by atoms with van der Waals surface area (Å²) in [5.74, 6) is 1.56. The molecule has 11 nitrogen and oxygen atoms in total. The molecule has 1 N–H and O–H groups in total. The van der Waals surface area contributed by atoms with Crippen molar-refractivity contribution >= 4 is 27.5 Å². The predicted octanol–water partition coefficient (Wildman–Crippen LogP) is 4.86. The maximum atomic E-state index is 14.7. The Kier molecular flexibility index (Phi) is 8.38. The van der Waals surface area contributed by atoms with Crippen molar-refractivity contribution in [1.82, 2.24) is 19.0 Å². The normalized spacial score (nSPS) is 23.5. The molecule has 0 radical (unpaired) electrons. The fourth-order valence-electron chi connectivity index (χ4n) is 8.13. The van der Waals surface area contributed by atoms with Crippen molar-refractivity contribution in [2.24, 2.45) is 11.8 Å². The first-order valence-electron chi connectivity index (χ1n) is 16.5. The number of aromatic nitrogens is 3. The molecule has 2 aliphatic carbocycles. The number of methoxy groups -OCH3 is 1. The molecule has 3 aliphatic rings. The molecule has 3 unspecified atom stereocenters. The average Bonchev–Trinajstić information content (AvgIpc) is 3.88. The number of likely N-dealkylation sites (tertiary alicyclic amines) is 1. The average molecular weight is 663 g/mol. The smallest absolute Gasteiger partial charge is 0.333 e. The quantitative estimate of drug-likeness (QED) is 0.269. The van der Waals surface area contributed by atoms with Crippen LogP contribution in [0.1, 0.15) is 69.6 Å². The number of aliphatic hydroxyl groups excluding tert-OH is 1. The summed E-state index contributed by atoms with van der Waals surface area (Å²) in [6.45, 7) is 6.43. The Morgan fingerprint density at radius 1 is 1.13 bits per heavy atom. The second-order valence-electron chi connectivity index (χ2n) is 13.8. The van der Waals surface area contributed by atoms with E-state index in [9.17, 15) is 19.5 Å². The standard InChI is InChI=1S/C35H42N4O7S/c1-20-28-31(41)39(35(2,3)33(42)37-12-7-8-13-37)34(43)38(32(28)47-29(20)30-36-11-14-45-30)19-27(25-9-5-6-10-26(25)44-4)46-24-17-21-15-23(40)16-22(21)18-24/h5-6,9-11,14,21-24,27,40H,7-8,12-13,15-19H2,1-4H3/t21-,22+,23?,24?,27?. The number of hydrogen-bond donors (Lipinski definition) is 1. The van der Waals surface area contributed by atoms with Crippen LogP contribution >= 0.6 is 11.3 Å². The zero-order chi connectivity index (χ0) is 33.0. The summed E-state index contributed by atoms with van der Waals surface area (Å²) >= 11 is 1.28. The van der Waals surface area contributed by atoms with Gasteiger partial charge >= 0.3 is 5.69 Å². The number of carbonyl (C=O) groups excluding carboxylic acids is 1. The summed E-state index contributed by atoms with van der Waals surface area (Å²) in [4.78, 5) is 50.3. The number of aryl methyl sites for hydroxylation is 1. The predicted molar refractivity (Wildman–Crippen MR) is 178 cm³/mol. The Hall–Kier alpha value is -3.74. The van der Waals surface area contributed by atoms with Gasteiger partial charge in [0.1, 0.15) is 28.5 Å². The van der Waals surface area contributed by atoms with Gasteiger partial charge in [0, 0.05) is 18.7 Å². The molecule has 2 saturated carbocycles. The summed E-state index contributed by atoms with van der Waals surface area (Å²) in [7, 11) is 1.61. The van der Waals surface area contributed by atoms with Gasteiger partial charge in [0.2, 0.25) is 11.8 Å². The third kappa shape index (κ3) is 5.53. The van der Waals surface area contributed by atoms with E-state index in [1.807, 2.05) is 31.2 Å². The maximum absolute atomic E-state index is 14.7. The number of oxazole rings is 1. The van der Waals surface area contributed by atoms with E-state index in [1.165, 1.54) is 17.6 Å².